The number of ether oxygens (including phenoxy) is 3. The lowest BCUT2D eigenvalue weighted by molar-refractivity contribution is -0.126. The van der Waals surface area contributed by atoms with Crippen LogP contribution in [0.4, 0.5) is 5.69 Å². The summed E-state index contributed by atoms with van der Waals surface area (Å²) in [7, 11) is 3.15. The Morgan fingerprint density at radius 2 is 2.11 bits per heavy atom. The number of nitrogens with one attached hydrogen (secondary N) is 1. The van der Waals surface area contributed by atoms with Crippen molar-refractivity contribution in [2.75, 3.05) is 39.8 Å². The van der Waals surface area contributed by atoms with Crippen LogP contribution >= 0.6 is 0 Å². The van der Waals surface area contributed by atoms with Crippen molar-refractivity contribution in [2.45, 2.75) is 6.54 Å². The van der Waals surface area contributed by atoms with Crippen LogP contribution in [0.3, 0.4) is 0 Å². The molecule has 0 saturated carbocycles. The second-order valence-electron chi connectivity index (χ2n) is 3.89. The highest BCUT2D eigenvalue weighted by Gasteiger charge is 2.06. The fourth-order valence-corrected chi connectivity index (χ4v) is 1.49. The summed E-state index contributed by atoms with van der Waals surface area (Å²) in [5, 5.41) is 2.74. The molecule has 6 heteroatoms. The van der Waals surface area contributed by atoms with Gasteiger partial charge in [0.05, 0.1) is 20.3 Å². The molecule has 0 atom stereocenters. The van der Waals surface area contributed by atoms with Gasteiger partial charge < -0.3 is 25.3 Å². The zero-order valence-electron chi connectivity index (χ0n) is 11.3. The molecule has 0 radical (unpaired) electrons. The van der Waals surface area contributed by atoms with Crippen LogP contribution in [0.2, 0.25) is 0 Å². The molecule has 0 spiro atoms. The molecule has 0 aromatic heterocycles. The van der Waals surface area contributed by atoms with E-state index in [0.717, 1.165) is 5.56 Å². The van der Waals surface area contributed by atoms with Crippen molar-refractivity contribution >= 4 is 11.6 Å². The predicted octanol–water partition coefficient (Wildman–Crippen LogP) is 0.557. The summed E-state index contributed by atoms with van der Waals surface area (Å²) in [4.78, 5) is 11.5. The molecular formula is C13H20N2O4. The topological polar surface area (TPSA) is 82.8 Å². The van der Waals surface area contributed by atoms with Crippen LogP contribution in [0.15, 0.2) is 18.2 Å². The first-order valence-corrected chi connectivity index (χ1v) is 5.93. The molecule has 0 heterocycles. The fraction of sp³-hybridized carbons (Fsp3) is 0.462. The Bertz CT molecular complexity index is 410. The lowest BCUT2D eigenvalue weighted by Gasteiger charge is -2.10. The standard InChI is InChI=1S/C13H20N2O4/c1-17-5-6-19-9-13(16)15-8-10-7-11(14)3-4-12(10)18-2/h3-4,7H,5-6,8-9,14H2,1-2H3,(H,15,16). The van der Waals surface area contributed by atoms with Crippen LogP contribution < -0.4 is 15.8 Å². The number of carbonyl (C=O) groups excluding carboxylic acids is 1. The lowest BCUT2D eigenvalue weighted by atomic mass is 10.2. The average molecular weight is 268 g/mol. The summed E-state index contributed by atoms with van der Waals surface area (Å²) < 4.78 is 15.1. The van der Waals surface area contributed by atoms with Crippen molar-refractivity contribution < 1.29 is 19.0 Å². The highest BCUT2D eigenvalue weighted by molar-refractivity contribution is 5.77. The minimum atomic E-state index is -0.194. The smallest absolute Gasteiger partial charge is 0.246 e. The first-order valence-electron chi connectivity index (χ1n) is 5.93. The third kappa shape index (κ3) is 5.58. The number of anilines is 1. The molecule has 0 aliphatic rings. The van der Waals surface area contributed by atoms with Crippen molar-refractivity contribution in [3.8, 4) is 5.75 Å². The van der Waals surface area contributed by atoms with Crippen molar-refractivity contribution in [3.63, 3.8) is 0 Å². The van der Waals surface area contributed by atoms with E-state index in [9.17, 15) is 4.79 Å². The highest BCUT2D eigenvalue weighted by atomic mass is 16.5. The van der Waals surface area contributed by atoms with E-state index >= 15 is 0 Å². The third-order valence-electron chi connectivity index (χ3n) is 2.45. The van der Waals surface area contributed by atoms with Gasteiger partial charge in [-0.3, -0.25) is 4.79 Å². The molecule has 0 bridgehead atoms. The molecule has 0 fully saturated rings. The van der Waals surface area contributed by atoms with Crippen LogP contribution in [0.1, 0.15) is 5.56 Å². The van der Waals surface area contributed by atoms with Gasteiger partial charge in [-0.1, -0.05) is 0 Å². The largest absolute Gasteiger partial charge is 0.496 e. The molecule has 19 heavy (non-hydrogen) atoms. The Kier molecular flexibility index (Phi) is 6.70. The number of carbonyl (C=O) groups is 1. The molecule has 0 saturated heterocycles. The van der Waals surface area contributed by atoms with Crippen molar-refractivity contribution in [2.24, 2.45) is 0 Å². The second kappa shape index (κ2) is 8.34. The summed E-state index contributed by atoms with van der Waals surface area (Å²) in [6.45, 7) is 1.22. The van der Waals surface area contributed by atoms with Crippen LogP contribution in [0.25, 0.3) is 0 Å². The first-order chi connectivity index (χ1) is 9.17. The van der Waals surface area contributed by atoms with E-state index in [1.807, 2.05) is 0 Å². The minimum Gasteiger partial charge on any atom is -0.496 e. The zero-order chi connectivity index (χ0) is 14.1. The molecule has 0 aliphatic carbocycles. The number of amides is 1. The predicted molar refractivity (Wildman–Crippen MR) is 71.9 cm³/mol. The third-order valence-corrected chi connectivity index (χ3v) is 2.45. The van der Waals surface area contributed by atoms with Crippen molar-refractivity contribution in [1.29, 1.82) is 0 Å². The molecule has 106 valence electrons. The van der Waals surface area contributed by atoms with Crippen LogP contribution in [0.5, 0.6) is 5.75 Å². The molecular weight excluding hydrogens is 248 g/mol. The second-order valence-corrected chi connectivity index (χ2v) is 3.89. The van der Waals surface area contributed by atoms with Crippen LogP contribution in [0, 0.1) is 0 Å². The number of nitrogens with two attached hydrogens (primary N) is 1. The maximum absolute atomic E-state index is 11.5. The number of benzene rings is 1. The molecule has 1 amide bonds. The van der Waals surface area contributed by atoms with Gasteiger partial charge in [-0.15, -0.1) is 0 Å². The van der Waals surface area contributed by atoms with Gasteiger partial charge in [0.2, 0.25) is 5.91 Å². The molecule has 1 rings (SSSR count). The van der Waals surface area contributed by atoms with E-state index in [1.165, 1.54) is 0 Å². The van der Waals surface area contributed by atoms with Gasteiger partial charge in [-0.2, -0.15) is 0 Å². The first kappa shape index (κ1) is 15.3. The van der Waals surface area contributed by atoms with Crippen LogP contribution in [-0.2, 0) is 20.8 Å². The van der Waals surface area contributed by atoms with Crippen LogP contribution in [-0.4, -0.2) is 39.9 Å². The van der Waals surface area contributed by atoms with E-state index in [4.69, 9.17) is 19.9 Å². The highest BCUT2D eigenvalue weighted by Crippen LogP contribution is 2.20. The number of hydrogen-bond donors (Lipinski definition) is 2. The van der Waals surface area contributed by atoms with Gasteiger partial charge in [0.25, 0.3) is 0 Å². The van der Waals surface area contributed by atoms with E-state index in [-0.39, 0.29) is 12.5 Å². The molecule has 1 aromatic rings. The molecule has 6 nitrogen and oxygen atoms in total. The quantitative estimate of drug-likeness (QED) is 0.531. The number of methoxy groups -OCH3 is 2. The van der Waals surface area contributed by atoms with E-state index in [2.05, 4.69) is 5.32 Å². The van der Waals surface area contributed by atoms with Gasteiger partial charge in [0.15, 0.2) is 0 Å². The summed E-state index contributed by atoms with van der Waals surface area (Å²) in [6, 6.07) is 5.29. The Hall–Kier alpha value is -1.79. The Morgan fingerprint density at radius 3 is 2.79 bits per heavy atom. The fourth-order valence-electron chi connectivity index (χ4n) is 1.49. The Labute approximate surface area is 112 Å². The van der Waals surface area contributed by atoms with Crippen molar-refractivity contribution in [3.05, 3.63) is 23.8 Å². The van der Waals surface area contributed by atoms with Crippen molar-refractivity contribution in [1.82, 2.24) is 5.32 Å². The van der Waals surface area contributed by atoms with E-state index in [1.54, 1.807) is 32.4 Å². The summed E-state index contributed by atoms with van der Waals surface area (Å²) in [5.41, 5.74) is 7.15. The van der Waals surface area contributed by atoms with Gasteiger partial charge in [-0.05, 0) is 18.2 Å². The van der Waals surface area contributed by atoms with Gasteiger partial charge in [0.1, 0.15) is 12.4 Å². The normalized spacial score (nSPS) is 10.2. The molecule has 3 N–H and O–H groups in total. The monoisotopic (exact) mass is 268 g/mol. The van der Waals surface area contributed by atoms with Gasteiger partial charge >= 0.3 is 0 Å². The minimum absolute atomic E-state index is 0.00793. The summed E-state index contributed by atoms with van der Waals surface area (Å²) >= 11 is 0. The average Bonchev–Trinajstić information content (AvgIpc) is 2.41. The van der Waals surface area contributed by atoms with E-state index < -0.39 is 0 Å². The van der Waals surface area contributed by atoms with E-state index in [0.29, 0.717) is 31.2 Å². The number of hydrogen-bond acceptors (Lipinski definition) is 5. The lowest BCUT2D eigenvalue weighted by Crippen LogP contribution is -2.27. The Balaban J connectivity index is 2.39. The molecule has 1 aromatic carbocycles. The summed E-state index contributed by atoms with van der Waals surface area (Å²) in [6.07, 6.45) is 0. The van der Waals surface area contributed by atoms with Gasteiger partial charge in [-0.25, -0.2) is 0 Å². The summed E-state index contributed by atoms with van der Waals surface area (Å²) in [5.74, 6) is 0.496. The zero-order valence-corrected chi connectivity index (χ0v) is 11.3. The SMILES string of the molecule is COCCOCC(=O)NCc1cc(N)ccc1OC. The maximum Gasteiger partial charge on any atom is 0.246 e. The van der Waals surface area contributed by atoms with Gasteiger partial charge in [0, 0.05) is 24.9 Å². The molecule has 0 unspecified atom stereocenters. The number of nitrogen functional groups attached to an aromatic ring is 1. The Morgan fingerprint density at radius 1 is 1.32 bits per heavy atom. The molecule has 0 aliphatic heterocycles. The number of rotatable bonds is 8. The maximum atomic E-state index is 11.5.